The van der Waals surface area contributed by atoms with Crippen molar-refractivity contribution in [2.75, 3.05) is 13.7 Å². The maximum Gasteiger partial charge on any atom is 0.437 e. The largest absolute Gasteiger partial charge is 0.494 e. The van der Waals surface area contributed by atoms with E-state index < -0.39 is 5.76 Å². The summed E-state index contributed by atoms with van der Waals surface area (Å²) in [6.07, 6.45) is 2.66. The molecule has 0 atom stereocenters. The molecule has 0 aliphatic rings. The molecule has 0 aliphatic carbocycles. The summed E-state index contributed by atoms with van der Waals surface area (Å²) in [5.41, 5.74) is 0. The number of hydrogen-bond donors (Lipinski definition) is 0. The zero-order chi connectivity index (χ0) is 17.5. The zero-order valence-electron chi connectivity index (χ0n) is 13.5. The molecule has 0 aliphatic heterocycles. The van der Waals surface area contributed by atoms with Crippen molar-refractivity contribution >= 4 is 33.2 Å². The van der Waals surface area contributed by atoms with Gasteiger partial charge < -0.3 is 13.9 Å². The van der Waals surface area contributed by atoms with Crippen molar-refractivity contribution in [2.24, 2.45) is 0 Å². The third-order valence-corrected chi connectivity index (χ3v) is 5.11. The Kier molecular flexibility index (Phi) is 7.04. The first-order chi connectivity index (χ1) is 11.6. The Hall–Kier alpha value is -1.61. The van der Waals surface area contributed by atoms with Crippen LogP contribution in [0.1, 0.15) is 32.6 Å². The third kappa shape index (κ3) is 4.70. The lowest BCUT2D eigenvalue weighted by atomic mass is 10.2. The Morgan fingerprint density at radius 2 is 2.21 bits per heavy atom. The van der Waals surface area contributed by atoms with Crippen molar-refractivity contribution in [3.05, 3.63) is 20.4 Å². The van der Waals surface area contributed by atoms with Crippen LogP contribution < -0.4 is 10.5 Å². The van der Waals surface area contributed by atoms with E-state index in [4.69, 9.17) is 13.9 Å². The summed E-state index contributed by atoms with van der Waals surface area (Å²) in [7, 11) is 1.55. The van der Waals surface area contributed by atoms with Crippen LogP contribution in [0.15, 0.2) is 19.1 Å². The monoisotopic (exact) mass is 418 g/mol. The molecule has 2 aromatic rings. The molecule has 2 aromatic heterocycles. The van der Waals surface area contributed by atoms with Gasteiger partial charge in [0.1, 0.15) is 4.88 Å². The number of hydrogen-bond acceptors (Lipinski definition) is 7. The lowest BCUT2D eigenvalue weighted by Crippen LogP contribution is -2.15. The molecule has 24 heavy (non-hydrogen) atoms. The van der Waals surface area contributed by atoms with Crippen LogP contribution in [0.2, 0.25) is 0 Å². The predicted octanol–water partition coefficient (Wildman–Crippen LogP) is 3.46. The number of esters is 1. The smallest absolute Gasteiger partial charge is 0.437 e. The molecule has 0 saturated heterocycles. The number of methoxy groups -OCH3 is 1. The van der Waals surface area contributed by atoms with Crippen molar-refractivity contribution in [1.29, 1.82) is 0 Å². The zero-order valence-corrected chi connectivity index (χ0v) is 15.9. The number of rotatable bonds is 9. The fourth-order valence-electron chi connectivity index (χ4n) is 2.14. The second kappa shape index (κ2) is 9.03. The van der Waals surface area contributed by atoms with E-state index in [1.54, 1.807) is 14.0 Å². The normalized spacial score (nSPS) is 10.8. The molecule has 2 heterocycles. The SMILES string of the molecule is CCOC(=O)CCCCCn1nc(-c2scc(Br)c2OC)oc1=O. The molecular weight excluding hydrogens is 400 g/mol. The first-order valence-corrected chi connectivity index (χ1v) is 9.29. The van der Waals surface area contributed by atoms with Crippen LogP contribution in [0.3, 0.4) is 0 Å². The van der Waals surface area contributed by atoms with Crippen molar-refractivity contribution in [2.45, 2.75) is 39.2 Å². The molecule has 0 saturated carbocycles. The summed E-state index contributed by atoms with van der Waals surface area (Å²) >= 11 is 4.76. The van der Waals surface area contributed by atoms with Crippen LogP contribution >= 0.6 is 27.3 Å². The van der Waals surface area contributed by atoms with Crippen molar-refractivity contribution in [3.8, 4) is 16.5 Å². The fourth-order valence-corrected chi connectivity index (χ4v) is 3.73. The van der Waals surface area contributed by atoms with Gasteiger partial charge in [-0.3, -0.25) is 4.79 Å². The van der Waals surface area contributed by atoms with Gasteiger partial charge in [0.05, 0.1) is 18.2 Å². The average Bonchev–Trinajstić information content (AvgIpc) is 3.10. The molecule has 0 unspecified atom stereocenters. The molecule has 0 spiro atoms. The number of aromatic nitrogens is 2. The Balaban J connectivity index is 1.90. The number of carbonyl (C=O) groups is 1. The molecule has 0 aromatic carbocycles. The lowest BCUT2D eigenvalue weighted by Gasteiger charge is -2.01. The number of unbranched alkanes of at least 4 members (excludes halogenated alkanes) is 2. The quantitative estimate of drug-likeness (QED) is 0.457. The summed E-state index contributed by atoms with van der Waals surface area (Å²) < 4.78 is 17.5. The number of halogens is 1. The van der Waals surface area contributed by atoms with Crippen LogP contribution in [0.5, 0.6) is 5.75 Å². The summed E-state index contributed by atoms with van der Waals surface area (Å²) in [5, 5.41) is 6.07. The van der Waals surface area contributed by atoms with Crippen LogP contribution in [-0.4, -0.2) is 29.5 Å². The maximum absolute atomic E-state index is 11.9. The van der Waals surface area contributed by atoms with Crippen LogP contribution in [0, 0.1) is 0 Å². The van der Waals surface area contributed by atoms with Gasteiger partial charge in [0.2, 0.25) is 0 Å². The van der Waals surface area contributed by atoms with E-state index in [2.05, 4.69) is 21.0 Å². The summed E-state index contributed by atoms with van der Waals surface area (Å²) in [5.74, 6) is 0.164. The Morgan fingerprint density at radius 1 is 1.42 bits per heavy atom. The highest BCUT2D eigenvalue weighted by molar-refractivity contribution is 9.10. The van der Waals surface area contributed by atoms with Gasteiger partial charge in [-0.1, -0.05) is 6.42 Å². The standard InChI is InChI=1S/C15H19BrN2O5S/c1-3-22-11(19)7-5-4-6-8-18-15(20)23-14(17-18)13-12(21-2)10(16)9-24-13/h9H,3-8H2,1-2H3. The van der Waals surface area contributed by atoms with Gasteiger partial charge in [0, 0.05) is 18.3 Å². The lowest BCUT2D eigenvalue weighted by molar-refractivity contribution is -0.143. The van der Waals surface area contributed by atoms with E-state index in [9.17, 15) is 9.59 Å². The Morgan fingerprint density at radius 3 is 2.92 bits per heavy atom. The summed E-state index contributed by atoms with van der Waals surface area (Å²) in [4.78, 5) is 23.8. The first-order valence-electron chi connectivity index (χ1n) is 7.61. The van der Waals surface area contributed by atoms with Crippen molar-refractivity contribution in [1.82, 2.24) is 9.78 Å². The van der Waals surface area contributed by atoms with Crippen LogP contribution in [0.25, 0.3) is 10.8 Å². The molecule has 0 N–H and O–H groups in total. The molecule has 0 amide bonds. The van der Waals surface area contributed by atoms with E-state index in [0.717, 1.165) is 23.7 Å². The number of ether oxygens (including phenoxy) is 2. The minimum absolute atomic E-state index is 0.186. The average molecular weight is 419 g/mol. The summed E-state index contributed by atoms with van der Waals surface area (Å²) in [6.45, 7) is 2.63. The third-order valence-electron chi connectivity index (χ3n) is 3.26. The molecule has 2 rings (SSSR count). The number of aryl methyl sites for hydroxylation is 1. The minimum Gasteiger partial charge on any atom is -0.494 e. The van der Waals surface area contributed by atoms with Gasteiger partial charge in [-0.2, -0.15) is 4.68 Å². The Bertz CT molecular complexity index is 737. The molecule has 9 heteroatoms. The van der Waals surface area contributed by atoms with Gasteiger partial charge in [-0.05, 0) is 35.7 Å². The highest BCUT2D eigenvalue weighted by Gasteiger charge is 2.19. The predicted molar refractivity (Wildman–Crippen MR) is 93.4 cm³/mol. The van der Waals surface area contributed by atoms with Gasteiger partial charge in [-0.25, -0.2) is 4.79 Å². The number of carbonyl (C=O) groups excluding carboxylic acids is 1. The van der Waals surface area contributed by atoms with E-state index >= 15 is 0 Å². The molecule has 0 radical (unpaired) electrons. The topological polar surface area (TPSA) is 83.6 Å². The van der Waals surface area contributed by atoms with Gasteiger partial charge in [0.15, 0.2) is 5.75 Å². The second-order valence-corrected chi connectivity index (χ2v) is 6.69. The van der Waals surface area contributed by atoms with Gasteiger partial charge in [-0.15, -0.1) is 16.4 Å². The number of thiophene rings is 1. The highest BCUT2D eigenvalue weighted by atomic mass is 79.9. The molecular formula is C15H19BrN2O5S. The first kappa shape index (κ1) is 18.7. The van der Waals surface area contributed by atoms with Crippen molar-refractivity contribution < 1.29 is 18.7 Å². The van der Waals surface area contributed by atoms with Crippen LogP contribution in [-0.2, 0) is 16.1 Å². The molecule has 0 bridgehead atoms. The summed E-state index contributed by atoms with van der Waals surface area (Å²) in [6, 6.07) is 0. The van der Waals surface area contributed by atoms with E-state index in [1.165, 1.54) is 16.0 Å². The Labute approximate surface area is 151 Å². The molecule has 7 nitrogen and oxygen atoms in total. The molecule has 0 fully saturated rings. The van der Waals surface area contributed by atoms with E-state index in [-0.39, 0.29) is 11.9 Å². The number of nitrogens with zero attached hydrogens (tertiary/aromatic N) is 2. The highest BCUT2D eigenvalue weighted by Crippen LogP contribution is 2.40. The van der Waals surface area contributed by atoms with Crippen LogP contribution in [0.4, 0.5) is 0 Å². The van der Waals surface area contributed by atoms with Gasteiger partial charge >= 0.3 is 11.7 Å². The van der Waals surface area contributed by atoms with Crippen molar-refractivity contribution in [3.63, 3.8) is 0 Å². The minimum atomic E-state index is -0.498. The second-order valence-electron chi connectivity index (χ2n) is 4.96. The molecule has 132 valence electrons. The van der Waals surface area contributed by atoms with E-state index in [0.29, 0.717) is 30.2 Å². The fraction of sp³-hybridized carbons (Fsp3) is 0.533. The van der Waals surface area contributed by atoms with E-state index in [1.807, 2.05) is 5.38 Å². The maximum atomic E-state index is 11.9. The van der Waals surface area contributed by atoms with Gasteiger partial charge in [0.25, 0.3) is 5.89 Å².